The van der Waals surface area contributed by atoms with Gasteiger partial charge in [-0.25, -0.2) is 19.6 Å². The molecular weight excluding hydrogens is 508 g/mol. The third kappa shape index (κ3) is 7.22. The maximum absolute atomic E-state index is 13.2. The van der Waals surface area contributed by atoms with E-state index in [4.69, 9.17) is 9.57 Å². The fourth-order valence-corrected chi connectivity index (χ4v) is 3.56. The second-order valence-electron chi connectivity index (χ2n) is 9.59. The number of carboxylic acid groups (broad SMARTS) is 1. The number of carbonyl (C=O) groups excluding carboxylic acids is 3. The van der Waals surface area contributed by atoms with Gasteiger partial charge in [-0.2, -0.15) is 5.10 Å². The van der Waals surface area contributed by atoms with Crippen molar-refractivity contribution in [3.8, 4) is 0 Å². The summed E-state index contributed by atoms with van der Waals surface area (Å²) in [7, 11) is 0. The molecule has 0 aromatic carbocycles. The summed E-state index contributed by atoms with van der Waals surface area (Å²) in [5.41, 5.74) is -2.91. The van der Waals surface area contributed by atoms with Crippen LogP contribution >= 0.6 is 11.3 Å². The minimum atomic E-state index is -1.76. The summed E-state index contributed by atoms with van der Waals surface area (Å²) in [6, 6.07) is -1.40. The molecule has 0 bridgehead atoms. The number of ether oxygens (including phenoxy) is 1. The first-order chi connectivity index (χ1) is 17.1. The third-order valence-electron chi connectivity index (χ3n) is 4.78. The summed E-state index contributed by atoms with van der Waals surface area (Å²) >= 11 is 0.979. The Hall–Kier alpha value is -4.08. The van der Waals surface area contributed by atoms with E-state index in [1.54, 1.807) is 27.7 Å². The smallest absolute Gasteiger partial charge is 0.413 e. The lowest BCUT2D eigenvalue weighted by Gasteiger charge is -2.36. The van der Waals surface area contributed by atoms with Crippen LogP contribution in [0.3, 0.4) is 0 Å². The number of nitrogens with zero attached hydrogens (tertiary/aromatic N) is 5. The highest BCUT2D eigenvalue weighted by molar-refractivity contribution is 7.14. The summed E-state index contributed by atoms with van der Waals surface area (Å²) in [5, 5.41) is 26.5. The van der Waals surface area contributed by atoms with Crippen LogP contribution in [0.15, 0.2) is 16.9 Å². The van der Waals surface area contributed by atoms with Gasteiger partial charge in [-0.05, 0) is 41.5 Å². The van der Waals surface area contributed by atoms with Gasteiger partial charge < -0.3 is 25.3 Å². The van der Waals surface area contributed by atoms with E-state index in [2.05, 4.69) is 36.2 Å². The van der Waals surface area contributed by atoms with Gasteiger partial charge in [0.2, 0.25) is 11.5 Å². The van der Waals surface area contributed by atoms with Gasteiger partial charge in [0.1, 0.15) is 29.5 Å². The van der Waals surface area contributed by atoms with Gasteiger partial charge >= 0.3 is 12.1 Å². The van der Waals surface area contributed by atoms with Crippen LogP contribution in [0.2, 0.25) is 0 Å². The van der Waals surface area contributed by atoms with Gasteiger partial charge in [0.15, 0.2) is 10.8 Å². The minimum Gasteiger partial charge on any atom is -0.478 e. The molecule has 37 heavy (non-hydrogen) atoms. The van der Waals surface area contributed by atoms with Crippen molar-refractivity contribution in [2.45, 2.75) is 71.4 Å². The van der Waals surface area contributed by atoms with Crippen LogP contribution in [-0.2, 0) is 30.5 Å². The van der Waals surface area contributed by atoms with E-state index in [1.807, 2.05) is 0 Å². The van der Waals surface area contributed by atoms with Crippen molar-refractivity contribution in [2.75, 3.05) is 5.32 Å². The fraction of sp³-hybridized carbons (Fsp3) is 0.524. The number of aryl methyl sites for hydroxylation is 1. The van der Waals surface area contributed by atoms with Gasteiger partial charge in [-0.15, -0.1) is 11.3 Å². The molecule has 15 nitrogen and oxygen atoms in total. The minimum absolute atomic E-state index is 0.0158. The van der Waals surface area contributed by atoms with Crippen molar-refractivity contribution in [1.29, 1.82) is 0 Å². The van der Waals surface area contributed by atoms with Crippen LogP contribution in [0.1, 0.15) is 46.1 Å². The number of thiazole rings is 1. The zero-order valence-electron chi connectivity index (χ0n) is 21.1. The molecule has 0 saturated carbocycles. The van der Waals surface area contributed by atoms with E-state index in [9.17, 15) is 24.3 Å². The van der Waals surface area contributed by atoms with Gasteiger partial charge in [-0.3, -0.25) is 19.6 Å². The van der Waals surface area contributed by atoms with Crippen LogP contribution in [0.5, 0.6) is 0 Å². The Bertz CT molecular complexity index is 1230. The number of rotatable bonds is 9. The molecule has 16 heteroatoms. The molecule has 2 aromatic heterocycles. The predicted molar refractivity (Wildman–Crippen MR) is 130 cm³/mol. The van der Waals surface area contributed by atoms with Crippen LogP contribution in [-0.4, -0.2) is 77.7 Å². The SMILES string of the molecule is Cc1ncn(C[C@H]2NC(=O)[C@H]2NC(=O)/C(=N\OC(C)(C)C(=O)O)c2csc(NC(=O)OC(C)(C)C)n2)n1. The zero-order chi connectivity index (χ0) is 27.5. The Balaban J connectivity index is 1.79. The van der Waals surface area contributed by atoms with Crippen molar-refractivity contribution in [2.24, 2.45) is 5.16 Å². The molecule has 0 aliphatic carbocycles. The molecule has 200 valence electrons. The Morgan fingerprint density at radius 1 is 1.27 bits per heavy atom. The highest BCUT2D eigenvalue weighted by Gasteiger charge is 2.42. The average molecular weight is 537 g/mol. The van der Waals surface area contributed by atoms with Gasteiger partial charge in [0, 0.05) is 5.38 Å². The molecule has 0 radical (unpaired) electrons. The second kappa shape index (κ2) is 10.5. The van der Waals surface area contributed by atoms with Crippen molar-refractivity contribution in [1.82, 2.24) is 30.4 Å². The average Bonchev–Trinajstić information content (AvgIpc) is 3.39. The molecule has 4 N–H and O–H groups in total. The first kappa shape index (κ1) is 27.5. The summed E-state index contributed by atoms with van der Waals surface area (Å²) in [5.74, 6) is -2.02. The quantitative estimate of drug-likeness (QED) is 0.200. The molecule has 1 aliphatic rings. The first-order valence-corrected chi connectivity index (χ1v) is 12.0. The van der Waals surface area contributed by atoms with Crippen molar-refractivity contribution in [3.63, 3.8) is 0 Å². The molecule has 3 heterocycles. The van der Waals surface area contributed by atoms with E-state index in [-0.39, 0.29) is 17.4 Å². The Morgan fingerprint density at radius 2 is 1.97 bits per heavy atom. The Kier molecular flexibility index (Phi) is 7.80. The lowest BCUT2D eigenvalue weighted by Crippen LogP contribution is -2.70. The number of amides is 3. The lowest BCUT2D eigenvalue weighted by atomic mass is 9.98. The van der Waals surface area contributed by atoms with Crippen LogP contribution in [0.4, 0.5) is 9.93 Å². The number of carbonyl (C=O) groups is 4. The second-order valence-corrected chi connectivity index (χ2v) is 10.4. The molecule has 0 unspecified atom stereocenters. The molecule has 2 aromatic rings. The number of hydrogen-bond donors (Lipinski definition) is 4. The number of aromatic nitrogens is 4. The standard InChI is InChI=1S/C21H28N8O7S/c1-10-22-9-29(27-10)7-11-13(15(30)23-11)25-16(31)14(28-36-21(5,6)17(32)33)12-8-37-18(24-12)26-19(34)35-20(2,3)4/h8-9,11,13H,7H2,1-6H3,(H,23,30)(H,25,31)(H,32,33)(H,24,26,34)/b28-14-/t11-,13+/m1/s1. The van der Waals surface area contributed by atoms with E-state index in [1.165, 1.54) is 30.2 Å². The zero-order valence-corrected chi connectivity index (χ0v) is 21.9. The summed E-state index contributed by atoms with van der Waals surface area (Å²) in [6.07, 6.45) is 0.749. The summed E-state index contributed by atoms with van der Waals surface area (Å²) in [4.78, 5) is 62.2. The Morgan fingerprint density at radius 3 is 2.54 bits per heavy atom. The molecule has 2 atom stereocenters. The molecular formula is C21H28N8O7S. The van der Waals surface area contributed by atoms with Crippen LogP contribution in [0, 0.1) is 6.92 Å². The first-order valence-electron chi connectivity index (χ1n) is 11.1. The number of oxime groups is 1. The van der Waals surface area contributed by atoms with Gasteiger partial charge in [-0.1, -0.05) is 5.16 Å². The summed E-state index contributed by atoms with van der Waals surface area (Å²) < 4.78 is 6.72. The fourth-order valence-electron chi connectivity index (χ4n) is 2.88. The maximum atomic E-state index is 13.2. The van der Waals surface area contributed by atoms with Gasteiger partial charge in [0.05, 0.1) is 12.6 Å². The summed E-state index contributed by atoms with van der Waals surface area (Å²) in [6.45, 7) is 9.57. The monoisotopic (exact) mass is 536 g/mol. The number of nitrogens with one attached hydrogen (secondary N) is 3. The molecule has 1 aliphatic heterocycles. The number of hydrogen-bond acceptors (Lipinski definition) is 11. The number of carboxylic acids is 1. The Labute approximate surface area is 215 Å². The van der Waals surface area contributed by atoms with Crippen molar-refractivity contribution in [3.05, 3.63) is 23.2 Å². The van der Waals surface area contributed by atoms with Gasteiger partial charge in [0.25, 0.3) is 5.91 Å². The molecule has 1 saturated heterocycles. The third-order valence-corrected chi connectivity index (χ3v) is 5.54. The van der Waals surface area contributed by atoms with E-state index in [0.717, 1.165) is 11.3 Å². The topological polar surface area (TPSA) is 199 Å². The van der Waals surface area contributed by atoms with E-state index < -0.39 is 52.9 Å². The largest absolute Gasteiger partial charge is 0.478 e. The molecule has 1 fully saturated rings. The molecule has 0 spiro atoms. The number of anilines is 1. The maximum Gasteiger partial charge on any atom is 0.413 e. The van der Waals surface area contributed by atoms with Crippen molar-refractivity contribution >= 4 is 46.1 Å². The lowest BCUT2D eigenvalue weighted by molar-refractivity contribution is -0.161. The van der Waals surface area contributed by atoms with E-state index in [0.29, 0.717) is 5.82 Å². The predicted octanol–water partition coefficient (Wildman–Crippen LogP) is 0.657. The van der Waals surface area contributed by atoms with Crippen molar-refractivity contribution < 1.29 is 33.9 Å². The van der Waals surface area contributed by atoms with E-state index >= 15 is 0 Å². The normalized spacial score (nSPS) is 17.9. The van der Waals surface area contributed by atoms with Crippen LogP contribution < -0.4 is 16.0 Å². The van der Waals surface area contributed by atoms with Crippen LogP contribution in [0.25, 0.3) is 0 Å². The highest BCUT2D eigenvalue weighted by atomic mass is 32.1. The molecule has 3 rings (SSSR count). The highest BCUT2D eigenvalue weighted by Crippen LogP contribution is 2.20. The molecule has 3 amide bonds. The number of β-lactam (4-membered cyclic amide) rings is 1. The number of aliphatic carboxylic acids is 1.